The molecule has 0 aliphatic heterocycles. The first kappa shape index (κ1) is 17.4. The number of phenols is 1. The molecule has 3 rings (SSSR count). The van der Waals surface area contributed by atoms with Gasteiger partial charge in [-0.25, -0.2) is 13.8 Å². The van der Waals surface area contributed by atoms with Crippen molar-refractivity contribution >= 4 is 22.5 Å². The summed E-state index contributed by atoms with van der Waals surface area (Å²) >= 11 is 5.91. The molecule has 0 atom stereocenters. The highest BCUT2D eigenvalue weighted by Gasteiger charge is 2.38. The number of aryl methyl sites for hydroxylation is 2. The van der Waals surface area contributed by atoms with Crippen LogP contribution in [0.5, 0.6) is 5.75 Å². The Kier molecular flexibility index (Phi) is 3.86. The number of aromatic hydroxyl groups is 1. The van der Waals surface area contributed by atoms with E-state index in [1.54, 1.807) is 6.92 Å². The van der Waals surface area contributed by atoms with Crippen LogP contribution in [0.1, 0.15) is 11.1 Å². The Morgan fingerprint density at radius 3 is 2.44 bits per heavy atom. The second kappa shape index (κ2) is 5.55. The van der Waals surface area contributed by atoms with Crippen molar-refractivity contribution in [2.75, 3.05) is 0 Å². The highest BCUT2D eigenvalue weighted by atomic mass is 35.5. The van der Waals surface area contributed by atoms with Gasteiger partial charge in [-0.05, 0) is 13.0 Å². The predicted molar refractivity (Wildman–Crippen MR) is 80.3 cm³/mol. The standard InChI is InChI=1S/C15H9ClF5N3O/c1-5-12-7(4-22-14(5)16)11(23-24(12)2)6-3-8(15(19,20)21)10(18)13(25)9(6)17/h3-4,25H,1-2H3. The van der Waals surface area contributed by atoms with E-state index >= 15 is 0 Å². The van der Waals surface area contributed by atoms with Gasteiger partial charge in [0.25, 0.3) is 0 Å². The molecule has 3 aromatic rings. The molecule has 0 spiro atoms. The molecule has 0 saturated heterocycles. The van der Waals surface area contributed by atoms with E-state index < -0.39 is 34.7 Å². The zero-order valence-electron chi connectivity index (χ0n) is 12.7. The summed E-state index contributed by atoms with van der Waals surface area (Å²) < 4.78 is 68.1. The maximum atomic E-state index is 14.3. The maximum absolute atomic E-state index is 14.3. The Labute approximate surface area is 142 Å². The molecule has 0 radical (unpaired) electrons. The van der Waals surface area contributed by atoms with Crippen LogP contribution in [0, 0.1) is 18.6 Å². The van der Waals surface area contributed by atoms with E-state index in [9.17, 15) is 27.1 Å². The van der Waals surface area contributed by atoms with Crippen molar-refractivity contribution in [3.05, 3.63) is 40.2 Å². The van der Waals surface area contributed by atoms with E-state index in [0.29, 0.717) is 11.1 Å². The molecule has 0 aliphatic carbocycles. The summed E-state index contributed by atoms with van der Waals surface area (Å²) in [5.41, 5.74) is -1.79. The Morgan fingerprint density at radius 1 is 1.20 bits per heavy atom. The number of fused-ring (bicyclic) bond motifs is 1. The van der Waals surface area contributed by atoms with Crippen molar-refractivity contribution in [1.29, 1.82) is 0 Å². The van der Waals surface area contributed by atoms with Crippen LogP contribution < -0.4 is 0 Å². The smallest absolute Gasteiger partial charge is 0.419 e. The number of alkyl halides is 3. The number of aromatic nitrogens is 3. The number of benzene rings is 1. The number of pyridine rings is 1. The van der Waals surface area contributed by atoms with Gasteiger partial charge < -0.3 is 5.11 Å². The van der Waals surface area contributed by atoms with Crippen LogP contribution in [0.2, 0.25) is 5.15 Å². The average molecular weight is 378 g/mol. The third kappa shape index (κ3) is 2.58. The van der Waals surface area contributed by atoms with Gasteiger partial charge in [-0.3, -0.25) is 4.68 Å². The molecular formula is C15H9ClF5N3O. The van der Waals surface area contributed by atoms with Gasteiger partial charge in [-0.15, -0.1) is 0 Å². The zero-order chi connectivity index (χ0) is 18.7. The lowest BCUT2D eigenvalue weighted by molar-refractivity contribution is -0.140. The minimum Gasteiger partial charge on any atom is -0.503 e. The lowest BCUT2D eigenvalue weighted by atomic mass is 10.0. The van der Waals surface area contributed by atoms with Crippen molar-refractivity contribution in [3.8, 4) is 17.0 Å². The number of rotatable bonds is 1. The van der Waals surface area contributed by atoms with Gasteiger partial charge in [-0.2, -0.15) is 18.3 Å². The first-order valence-corrected chi connectivity index (χ1v) is 7.18. The normalized spacial score (nSPS) is 12.2. The third-order valence-electron chi connectivity index (χ3n) is 3.79. The van der Waals surface area contributed by atoms with Crippen LogP contribution in [0.15, 0.2) is 12.3 Å². The quantitative estimate of drug-likeness (QED) is 0.498. The Hall–Kier alpha value is -2.42. The minimum atomic E-state index is -5.12. The van der Waals surface area contributed by atoms with Crippen molar-refractivity contribution in [3.63, 3.8) is 0 Å². The van der Waals surface area contributed by atoms with E-state index in [1.165, 1.54) is 17.9 Å². The van der Waals surface area contributed by atoms with Crippen LogP contribution in [0.25, 0.3) is 22.2 Å². The molecule has 0 aliphatic rings. The Balaban J connectivity index is 2.40. The molecule has 0 bridgehead atoms. The SMILES string of the molecule is Cc1c(Cl)ncc2c(-c3cc(C(F)(F)F)c(F)c(O)c3F)nn(C)c12. The molecule has 0 fully saturated rings. The van der Waals surface area contributed by atoms with E-state index in [2.05, 4.69) is 10.1 Å². The molecule has 2 aromatic heterocycles. The minimum absolute atomic E-state index is 0.153. The summed E-state index contributed by atoms with van der Waals surface area (Å²) in [7, 11) is 1.49. The van der Waals surface area contributed by atoms with E-state index in [0.717, 1.165) is 0 Å². The predicted octanol–water partition coefficient (Wildman–Crippen LogP) is 4.60. The molecule has 0 saturated carbocycles. The molecule has 0 unspecified atom stereocenters. The Bertz CT molecular complexity index is 1010. The number of hydrogen-bond acceptors (Lipinski definition) is 3. The highest BCUT2D eigenvalue weighted by molar-refractivity contribution is 6.31. The largest absolute Gasteiger partial charge is 0.503 e. The van der Waals surface area contributed by atoms with Crippen LogP contribution in [0.3, 0.4) is 0 Å². The molecule has 132 valence electrons. The van der Waals surface area contributed by atoms with Crippen LogP contribution >= 0.6 is 11.6 Å². The fourth-order valence-electron chi connectivity index (χ4n) is 2.62. The van der Waals surface area contributed by atoms with Gasteiger partial charge in [0.05, 0.1) is 11.1 Å². The topological polar surface area (TPSA) is 50.9 Å². The van der Waals surface area contributed by atoms with Crippen LogP contribution in [0.4, 0.5) is 22.0 Å². The second-order valence-electron chi connectivity index (χ2n) is 5.35. The van der Waals surface area contributed by atoms with Gasteiger partial charge in [-0.1, -0.05) is 11.6 Å². The summed E-state index contributed by atoms with van der Waals surface area (Å²) in [6, 6.07) is 0.274. The third-order valence-corrected chi connectivity index (χ3v) is 4.17. The van der Waals surface area contributed by atoms with Crippen molar-refractivity contribution in [2.24, 2.45) is 7.05 Å². The number of nitrogens with zero attached hydrogens (tertiary/aromatic N) is 3. The number of phenolic OH excluding ortho intramolecular Hbond substituents is 1. The van der Waals surface area contributed by atoms with Gasteiger partial charge in [0.1, 0.15) is 10.8 Å². The molecule has 0 amide bonds. The summed E-state index contributed by atoms with van der Waals surface area (Å²) in [6.45, 7) is 1.61. The summed E-state index contributed by atoms with van der Waals surface area (Å²) in [5, 5.41) is 13.8. The number of hydrogen-bond donors (Lipinski definition) is 1. The molecular weight excluding hydrogens is 369 g/mol. The van der Waals surface area contributed by atoms with Gasteiger partial charge in [0.2, 0.25) is 0 Å². The lowest BCUT2D eigenvalue weighted by Gasteiger charge is -2.12. The monoisotopic (exact) mass is 377 g/mol. The maximum Gasteiger partial charge on any atom is 0.419 e. The lowest BCUT2D eigenvalue weighted by Crippen LogP contribution is -2.10. The number of halogens is 6. The van der Waals surface area contributed by atoms with Crippen molar-refractivity contribution in [1.82, 2.24) is 14.8 Å². The summed E-state index contributed by atoms with van der Waals surface area (Å²) in [5.74, 6) is -5.34. The fraction of sp³-hybridized carbons (Fsp3) is 0.200. The van der Waals surface area contributed by atoms with Gasteiger partial charge in [0.15, 0.2) is 17.4 Å². The van der Waals surface area contributed by atoms with Crippen molar-refractivity contribution < 1.29 is 27.1 Å². The first-order chi connectivity index (χ1) is 11.5. The average Bonchev–Trinajstić information content (AvgIpc) is 2.85. The fourth-order valence-corrected chi connectivity index (χ4v) is 2.76. The van der Waals surface area contributed by atoms with Crippen molar-refractivity contribution in [2.45, 2.75) is 13.1 Å². The molecule has 10 heteroatoms. The van der Waals surface area contributed by atoms with E-state index in [1.807, 2.05) is 0 Å². The van der Waals surface area contributed by atoms with Gasteiger partial charge in [0, 0.05) is 29.8 Å². The molecule has 1 N–H and O–H groups in total. The molecule has 25 heavy (non-hydrogen) atoms. The van der Waals surface area contributed by atoms with Crippen LogP contribution in [-0.4, -0.2) is 19.9 Å². The van der Waals surface area contributed by atoms with Crippen LogP contribution in [-0.2, 0) is 13.2 Å². The summed E-state index contributed by atoms with van der Waals surface area (Å²) in [4.78, 5) is 3.88. The second-order valence-corrected chi connectivity index (χ2v) is 5.71. The molecule has 4 nitrogen and oxygen atoms in total. The molecule has 1 aromatic carbocycles. The van der Waals surface area contributed by atoms with E-state index in [-0.39, 0.29) is 22.3 Å². The summed E-state index contributed by atoms with van der Waals surface area (Å²) in [6.07, 6.45) is -3.90. The highest BCUT2D eigenvalue weighted by Crippen LogP contribution is 2.41. The zero-order valence-corrected chi connectivity index (χ0v) is 13.5. The van der Waals surface area contributed by atoms with E-state index in [4.69, 9.17) is 11.6 Å². The first-order valence-electron chi connectivity index (χ1n) is 6.80. The molecule has 2 heterocycles. The Morgan fingerprint density at radius 2 is 1.84 bits per heavy atom. The van der Waals surface area contributed by atoms with Gasteiger partial charge >= 0.3 is 6.18 Å².